The topological polar surface area (TPSA) is 142 Å². The largest absolute Gasteiger partial charge is 0.379 e. The molecule has 3 heterocycles. The smallest absolute Gasteiger partial charge is 0.276 e. The number of rotatable bonds is 9. The molecule has 11 nitrogen and oxygen atoms in total. The van der Waals surface area contributed by atoms with E-state index >= 15 is 0 Å². The average Bonchev–Trinajstić information content (AvgIpc) is 3.66. The molecule has 0 atom stereocenters. The molecule has 2 aliphatic carbocycles. The third-order valence-corrected chi connectivity index (χ3v) is 8.97. The molecule has 0 aliphatic heterocycles. The molecule has 4 aromatic rings. The molecule has 4 N–H and O–H groups in total. The van der Waals surface area contributed by atoms with E-state index in [2.05, 4.69) is 35.7 Å². The summed E-state index contributed by atoms with van der Waals surface area (Å²) in [5.41, 5.74) is 1.39. The predicted molar refractivity (Wildman–Crippen MR) is 153 cm³/mol. The Morgan fingerprint density at radius 1 is 0.927 bits per heavy atom. The van der Waals surface area contributed by atoms with Gasteiger partial charge in [0.25, 0.3) is 5.91 Å². The van der Waals surface area contributed by atoms with Crippen LogP contribution in [-0.2, 0) is 10.0 Å². The molecule has 14 heteroatoms. The van der Waals surface area contributed by atoms with Crippen LogP contribution in [0, 0.1) is 5.82 Å². The van der Waals surface area contributed by atoms with Crippen LogP contribution in [0.5, 0.6) is 0 Å². The van der Waals surface area contributed by atoms with Crippen molar-refractivity contribution in [2.45, 2.75) is 61.5 Å². The molecule has 2 saturated carbocycles. The summed E-state index contributed by atoms with van der Waals surface area (Å²) >= 11 is 5.89. The summed E-state index contributed by atoms with van der Waals surface area (Å²) in [5, 5.41) is 14.6. The second kappa shape index (κ2) is 11.2. The molecule has 1 amide bonds. The zero-order valence-electron chi connectivity index (χ0n) is 21.8. The maximum Gasteiger partial charge on any atom is 0.276 e. The number of carbonyl (C=O) groups excluding carboxylic acids is 1. The lowest BCUT2D eigenvalue weighted by molar-refractivity contribution is 0.102. The van der Waals surface area contributed by atoms with Crippen molar-refractivity contribution in [2.24, 2.45) is 0 Å². The zero-order chi connectivity index (χ0) is 28.6. The normalized spacial score (nSPS) is 19.2. The van der Waals surface area contributed by atoms with Crippen molar-refractivity contribution >= 4 is 50.4 Å². The van der Waals surface area contributed by atoms with Gasteiger partial charge in [-0.05, 0) is 68.9 Å². The first-order valence-electron chi connectivity index (χ1n) is 13.4. The molecule has 0 unspecified atom stereocenters. The van der Waals surface area contributed by atoms with Gasteiger partial charge in [0, 0.05) is 35.4 Å². The fourth-order valence-electron chi connectivity index (χ4n) is 4.88. The van der Waals surface area contributed by atoms with E-state index in [9.17, 15) is 17.6 Å². The SMILES string of the molecule is O=C(Nc1ccncc1F)c1cnc2c(NC3CC3)cc(N[C@H]3CC[C@H](NS(=O)(=O)c4ccc(Cl)cc4)CC3)nn12. The van der Waals surface area contributed by atoms with E-state index in [1.807, 2.05) is 6.07 Å². The Bertz CT molecular complexity index is 1690. The number of benzene rings is 1. The van der Waals surface area contributed by atoms with Crippen molar-refractivity contribution < 1.29 is 17.6 Å². The van der Waals surface area contributed by atoms with E-state index in [-0.39, 0.29) is 28.4 Å². The van der Waals surface area contributed by atoms with Crippen LogP contribution < -0.4 is 20.7 Å². The van der Waals surface area contributed by atoms with E-state index in [4.69, 9.17) is 11.6 Å². The Labute approximate surface area is 241 Å². The number of fused-ring (bicyclic) bond motifs is 1. The molecule has 2 fully saturated rings. The van der Waals surface area contributed by atoms with Gasteiger partial charge in [0.1, 0.15) is 5.82 Å². The minimum atomic E-state index is -3.65. The van der Waals surface area contributed by atoms with Crippen LogP contribution in [0.2, 0.25) is 5.02 Å². The highest BCUT2D eigenvalue weighted by atomic mass is 35.5. The fourth-order valence-corrected chi connectivity index (χ4v) is 6.31. The lowest BCUT2D eigenvalue weighted by Gasteiger charge is -2.30. The van der Waals surface area contributed by atoms with Crippen LogP contribution in [0.25, 0.3) is 5.65 Å². The Morgan fingerprint density at radius 2 is 1.61 bits per heavy atom. The number of amides is 1. The summed E-state index contributed by atoms with van der Waals surface area (Å²) in [7, 11) is -3.65. The van der Waals surface area contributed by atoms with Crippen molar-refractivity contribution in [1.82, 2.24) is 24.3 Å². The lowest BCUT2D eigenvalue weighted by Crippen LogP contribution is -2.40. The van der Waals surface area contributed by atoms with Gasteiger partial charge in [0.15, 0.2) is 17.2 Å². The van der Waals surface area contributed by atoms with Gasteiger partial charge in [-0.3, -0.25) is 9.78 Å². The van der Waals surface area contributed by atoms with Gasteiger partial charge in [0.05, 0.1) is 28.7 Å². The number of hydrogen-bond donors (Lipinski definition) is 4. The van der Waals surface area contributed by atoms with Crippen molar-refractivity contribution in [3.8, 4) is 0 Å². The van der Waals surface area contributed by atoms with Crippen molar-refractivity contribution in [3.63, 3.8) is 0 Å². The van der Waals surface area contributed by atoms with Gasteiger partial charge < -0.3 is 16.0 Å². The van der Waals surface area contributed by atoms with Gasteiger partial charge >= 0.3 is 0 Å². The molecule has 214 valence electrons. The summed E-state index contributed by atoms with van der Waals surface area (Å²) in [6.45, 7) is 0. The number of carbonyl (C=O) groups is 1. The number of pyridine rings is 1. The van der Waals surface area contributed by atoms with E-state index < -0.39 is 21.7 Å². The summed E-state index contributed by atoms with van der Waals surface area (Å²) in [5.74, 6) is -0.654. The third kappa shape index (κ3) is 6.26. The number of imidazole rings is 1. The van der Waals surface area contributed by atoms with Crippen LogP contribution in [0.3, 0.4) is 0 Å². The van der Waals surface area contributed by atoms with Crippen LogP contribution in [0.1, 0.15) is 49.0 Å². The summed E-state index contributed by atoms with van der Waals surface area (Å²) in [6.07, 6.45) is 8.66. The molecule has 0 saturated heterocycles. The third-order valence-electron chi connectivity index (χ3n) is 7.18. The Morgan fingerprint density at radius 3 is 2.32 bits per heavy atom. The highest BCUT2D eigenvalue weighted by Gasteiger charge is 2.28. The fraction of sp³-hybridized carbons (Fsp3) is 0.333. The number of sulfonamides is 1. The number of anilines is 3. The lowest BCUT2D eigenvalue weighted by atomic mass is 9.92. The molecule has 0 spiro atoms. The van der Waals surface area contributed by atoms with E-state index in [1.165, 1.54) is 35.1 Å². The van der Waals surface area contributed by atoms with E-state index in [0.29, 0.717) is 35.4 Å². The average molecular weight is 599 g/mol. The van der Waals surface area contributed by atoms with Gasteiger partial charge in [-0.25, -0.2) is 27.0 Å². The summed E-state index contributed by atoms with van der Waals surface area (Å²) in [4.78, 5) is 21.4. The minimum absolute atomic E-state index is 0.00834. The minimum Gasteiger partial charge on any atom is -0.379 e. The second-order valence-electron chi connectivity index (χ2n) is 10.3. The number of aromatic nitrogens is 4. The molecular weight excluding hydrogens is 571 g/mol. The van der Waals surface area contributed by atoms with Crippen molar-refractivity contribution in [2.75, 3.05) is 16.0 Å². The molecule has 0 bridgehead atoms. The molecule has 41 heavy (non-hydrogen) atoms. The monoisotopic (exact) mass is 598 g/mol. The molecular formula is C27H28ClFN8O3S. The van der Waals surface area contributed by atoms with Crippen LogP contribution in [-0.4, -0.2) is 52.0 Å². The number of nitrogens with one attached hydrogen (secondary N) is 4. The van der Waals surface area contributed by atoms with Gasteiger partial charge in [-0.1, -0.05) is 11.6 Å². The van der Waals surface area contributed by atoms with Crippen LogP contribution in [0.4, 0.5) is 21.6 Å². The van der Waals surface area contributed by atoms with Gasteiger partial charge in [-0.2, -0.15) is 0 Å². The quantitative estimate of drug-likeness (QED) is 0.221. The Kier molecular flexibility index (Phi) is 7.49. The van der Waals surface area contributed by atoms with Gasteiger partial charge in [-0.15, -0.1) is 5.10 Å². The van der Waals surface area contributed by atoms with E-state index in [0.717, 1.165) is 37.6 Å². The highest BCUT2D eigenvalue weighted by molar-refractivity contribution is 7.89. The predicted octanol–water partition coefficient (Wildman–Crippen LogP) is 4.45. The number of nitrogens with zero attached hydrogens (tertiary/aromatic N) is 4. The first kappa shape index (κ1) is 27.4. The second-order valence-corrected chi connectivity index (χ2v) is 12.5. The first-order valence-corrected chi connectivity index (χ1v) is 15.2. The maximum absolute atomic E-state index is 14.1. The molecule has 0 radical (unpaired) electrons. The van der Waals surface area contributed by atoms with Crippen molar-refractivity contribution in [3.05, 3.63) is 71.5 Å². The summed E-state index contributed by atoms with van der Waals surface area (Å²) in [6, 6.07) is 9.54. The molecule has 3 aromatic heterocycles. The van der Waals surface area contributed by atoms with E-state index in [1.54, 1.807) is 12.1 Å². The zero-order valence-corrected chi connectivity index (χ0v) is 23.4. The maximum atomic E-state index is 14.1. The number of hydrogen-bond acceptors (Lipinski definition) is 8. The Balaban J connectivity index is 1.16. The van der Waals surface area contributed by atoms with Gasteiger partial charge in [0.2, 0.25) is 10.0 Å². The van der Waals surface area contributed by atoms with Crippen LogP contribution >= 0.6 is 11.6 Å². The van der Waals surface area contributed by atoms with Crippen molar-refractivity contribution in [1.29, 1.82) is 0 Å². The molecule has 6 rings (SSSR count). The molecule has 2 aliphatic rings. The standard InChI is InChI=1S/C27H28ClFN8O3S/c28-16-1-9-20(10-2-16)41(39,40)36-19-7-5-18(6-8-19)33-25-13-23(32-17-3-4-17)26-31-15-24(37(26)35-25)27(38)34-22-11-12-30-14-21(22)29/h1-2,9-15,17-19,32,36H,3-8H2,(H,33,35)(H,30,34,38)/t18-,19-. The highest BCUT2D eigenvalue weighted by Crippen LogP contribution is 2.30. The van der Waals surface area contributed by atoms with Crippen LogP contribution in [0.15, 0.2) is 59.9 Å². The summed E-state index contributed by atoms with van der Waals surface area (Å²) < 4.78 is 43.9. The first-order chi connectivity index (χ1) is 19.7. The Hall–Kier alpha value is -3.81. The number of halogens is 2. The molecule has 1 aromatic carbocycles.